The van der Waals surface area contributed by atoms with E-state index in [-0.39, 0.29) is 0 Å². The number of hydrogen-bond acceptors (Lipinski definition) is 4. The van der Waals surface area contributed by atoms with Gasteiger partial charge >= 0.3 is 0 Å². The molecule has 1 atom stereocenters. The Labute approximate surface area is 157 Å². The molecule has 5 heteroatoms. The molecule has 25 heavy (non-hydrogen) atoms. The van der Waals surface area contributed by atoms with Crippen LogP contribution in [-0.4, -0.2) is 35.4 Å². The summed E-state index contributed by atoms with van der Waals surface area (Å²) in [5.74, 6) is 1.65. The number of fused-ring (bicyclic) bond motifs is 5. The van der Waals surface area contributed by atoms with Crippen LogP contribution in [0.2, 0.25) is 0 Å². The summed E-state index contributed by atoms with van der Waals surface area (Å²) >= 11 is 7.85. The highest BCUT2D eigenvalue weighted by atomic mass is 35.5. The van der Waals surface area contributed by atoms with E-state index in [0.29, 0.717) is 11.1 Å². The van der Waals surface area contributed by atoms with Crippen LogP contribution in [0.4, 0.5) is 0 Å². The van der Waals surface area contributed by atoms with Gasteiger partial charge in [-0.15, -0.1) is 23.4 Å². The Hall–Kier alpha value is -1.65. The Morgan fingerprint density at radius 1 is 1.32 bits per heavy atom. The second kappa shape index (κ2) is 5.96. The van der Waals surface area contributed by atoms with E-state index >= 15 is 0 Å². The Balaban J connectivity index is 1.57. The number of alkyl halides is 1. The predicted molar refractivity (Wildman–Crippen MR) is 105 cm³/mol. The normalized spacial score (nSPS) is 26.5. The molecule has 0 bridgehead atoms. The van der Waals surface area contributed by atoms with Gasteiger partial charge in [0.15, 0.2) is 0 Å². The second-order valence-corrected chi connectivity index (χ2v) is 8.10. The highest BCUT2D eigenvalue weighted by Gasteiger charge is 2.38. The van der Waals surface area contributed by atoms with E-state index in [1.54, 1.807) is 7.11 Å². The maximum absolute atomic E-state index is 6.00. The molecule has 5 aliphatic rings. The molecule has 4 aliphatic heterocycles. The maximum atomic E-state index is 6.00. The van der Waals surface area contributed by atoms with Crippen molar-refractivity contribution in [1.82, 2.24) is 4.90 Å². The fraction of sp³-hybridized carbons (Fsp3) is 0.350. The van der Waals surface area contributed by atoms with Gasteiger partial charge in [0.1, 0.15) is 5.76 Å². The molecular weight excluding hydrogens is 352 g/mol. The average molecular weight is 371 g/mol. The monoisotopic (exact) mass is 370 g/mol. The lowest BCUT2D eigenvalue weighted by atomic mass is 9.88. The fourth-order valence-electron chi connectivity index (χ4n) is 4.14. The minimum Gasteiger partial charge on any atom is -0.496 e. The van der Waals surface area contributed by atoms with Crippen molar-refractivity contribution in [3.05, 3.63) is 69.3 Å². The number of hydrogen-bond donors (Lipinski definition) is 0. The van der Waals surface area contributed by atoms with Gasteiger partial charge in [-0.3, -0.25) is 0 Å². The zero-order chi connectivity index (χ0) is 17.0. The van der Waals surface area contributed by atoms with E-state index in [1.807, 2.05) is 11.8 Å². The number of nitrogens with zero attached hydrogens (tertiary/aromatic N) is 2. The van der Waals surface area contributed by atoms with Crippen molar-refractivity contribution in [3.8, 4) is 0 Å². The third-order valence-electron chi connectivity index (χ3n) is 5.35. The van der Waals surface area contributed by atoms with E-state index < -0.39 is 0 Å². The first-order valence-corrected chi connectivity index (χ1v) is 10.1. The Morgan fingerprint density at radius 3 is 3.08 bits per heavy atom. The van der Waals surface area contributed by atoms with Crippen molar-refractivity contribution in [2.24, 2.45) is 4.99 Å². The van der Waals surface area contributed by atoms with Gasteiger partial charge in [-0.1, -0.05) is 18.2 Å². The summed E-state index contributed by atoms with van der Waals surface area (Å²) < 4.78 is 5.52. The van der Waals surface area contributed by atoms with Crippen molar-refractivity contribution in [2.45, 2.75) is 24.5 Å². The second-order valence-electron chi connectivity index (χ2n) is 6.65. The summed E-state index contributed by atoms with van der Waals surface area (Å²) in [5, 5.41) is 2.58. The van der Waals surface area contributed by atoms with Gasteiger partial charge in [0, 0.05) is 58.1 Å². The number of thioether (sulfide) groups is 1. The maximum Gasteiger partial charge on any atom is 0.130 e. The molecule has 0 fully saturated rings. The van der Waals surface area contributed by atoms with E-state index in [4.69, 9.17) is 21.3 Å². The van der Waals surface area contributed by atoms with Gasteiger partial charge in [-0.05, 0) is 18.4 Å². The molecular formula is C20H19ClN2OS. The van der Waals surface area contributed by atoms with Gasteiger partial charge in [-0.25, -0.2) is 4.99 Å². The summed E-state index contributed by atoms with van der Waals surface area (Å²) in [5.41, 5.74) is 8.89. The standard InChI is InChI=1S/C20H19ClN2OS/c1-24-17-11-25-18-9-16-20-14(6-8-23(16)10-15(17)18)13-4-2-3-12(5-7-21)19(13)22-20/h3-4,6,10-11,18H,2,5,7-9H2,1H3/t18-/m0/s1. The Morgan fingerprint density at radius 2 is 2.24 bits per heavy atom. The molecule has 0 unspecified atom stereocenters. The lowest BCUT2D eigenvalue weighted by molar-refractivity contribution is 0.296. The van der Waals surface area contributed by atoms with Crippen LogP contribution in [0.3, 0.4) is 0 Å². The summed E-state index contributed by atoms with van der Waals surface area (Å²) in [6.45, 7) is 0.904. The molecule has 0 aromatic heterocycles. The summed E-state index contributed by atoms with van der Waals surface area (Å²) in [4.78, 5) is 7.42. The van der Waals surface area contributed by atoms with Crippen molar-refractivity contribution in [3.63, 3.8) is 0 Å². The topological polar surface area (TPSA) is 24.8 Å². The highest BCUT2D eigenvalue weighted by molar-refractivity contribution is 8.03. The van der Waals surface area contributed by atoms with E-state index in [9.17, 15) is 0 Å². The molecule has 4 heterocycles. The SMILES string of the molecule is COC1=CS[C@H]2CC3=C4N=C5C(CCCl)=CCC=C5C4=CCN3C=C12. The van der Waals surface area contributed by atoms with Gasteiger partial charge in [0.25, 0.3) is 0 Å². The molecule has 1 aliphatic carbocycles. The van der Waals surface area contributed by atoms with Crippen LogP contribution in [0.1, 0.15) is 19.3 Å². The molecule has 0 amide bonds. The van der Waals surface area contributed by atoms with Crippen molar-refractivity contribution in [2.75, 3.05) is 19.5 Å². The predicted octanol–water partition coefficient (Wildman–Crippen LogP) is 4.67. The van der Waals surface area contributed by atoms with Gasteiger partial charge in [-0.2, -0.15) is 0 Å². The molecule has 0 aromatic rings. The van der Waals surface area contributed by atoms with E-state index in [2.05, 4.69) is 34.7 Å². The zero-order valence-corrected chi connectivity index (χ0v) is 15.7. The van der Waals surface area contributed by atoms with Crippen LogP contribution < -0.4 is 0 Å². The Bertz CT molecular complexity index is 872. The smallest absolute Gasteiger partial charge is 0.130 e. The molecule has 3 nitrogen and oxygen atoms in total. The zero-order valence-electron chi connectivity index (χ0n) is 14.1. The van der Waals surface area contributed by atoms with Crippen LogP contribution >= 0.6 is 23.4 Å². The first-order valence-electron chi connectivity index (χ1n) is 8.67. The van der Waals surface area contributed by atoms with Crippen LogP contribution in [0.15, 0.2) is 74.3 Å². The van der Waals surface area contributed by atoms with Crippen LogP contribution in [0, 0.1) is 0 Å². The van der Waals surface area contributed by atoms with Crippen LogP contribution in [0.25, 0.3) is 0 Å². The van der Waals surface area contributed by atoms with Crippen molar-refractivity contribution >= 4 is 29.1 Å². The molecule has 0 saturated carbocycles. The number of ether oxygens (including phenoxy) is 1. The van der Waals surface area contributed by atoms with Gasteiger partial charge in [0.05, 0.1) is 18.5 Å². The quantitative estimate of drug-likeness (QED) is 0.675. The van der Waals surface area contributed by atoms with E-state index in [1.165, 1.54) is 28.0 Å². The third kappa shape index (κ3) is 2.31. The fourth-order valence-corrected chi connectivity index (χ4v) is 5.44. The number of methoxy groups -OCH3 is 1. The minimum absolute atomic E-state index is 0.447. The van der Waals surface area contributed by atoms with Gasteiger partial charge in [0.2, 0.25) is 0 Å². The number of rotatable bonds is 3. The summed E-state index contributed by atoms with van der Waals surface area (Å²) in [7, 11) is 1.75. The molecule has 0 radical (unpaired) electrons. The van der Waals surface area contributed by atoms with Crippen molar-refractivity contribution in [1.29, 1.82) is 0 Å². The first kappa shape index (κ1) is 15.6. The summed E-state index contributed by atoms with van der Waals surface area (Å²) in [6.07, 6.45) is 12.0. The number of aliphatic imine (C=N–C) groups is 1. The number of allylic oxidation sites excluding steroid dienone is 6. The Kier molecular flexibility index (Phi) is 3.72. The molecule has 0 saturated heterocycles. The highest BCUT2D eigenvalue weighted by Crippen LogP contribution is 2.48. The summed E-state index contributed by atoms with van der Waals surface area (Å²) in [6, 6.07) is 0. The number of halogens is 1. The van der Waals surface area contributed by atoms with Crippen LogP contribution in [0.5, 0.6) is 0 Å². The first-order chi connectivity index (χ1) is 12.3. The molecule has 0 aromatic carbocycles. The lowest BCUT2D eigenvalue weighted by Crippen LogP contribution is -2.30. The third-order valence-corrected chi connectivity index (χ3v) is 6.64. The lowest BCUT2D eigenvalue weighted by Gasteiger charge is -2.34. The minimum atomic E-state index is 0.447. The van der Waals surface area contributed by atoms with Crippen molar-refractivity contribution < 1.29 is 4.74 Å². The molecule has 0 spiro atoms. The van der Waals surface area contributed by atoms with Gasteiger partial charge < -0.3 is 9.64 Å². The molecule has 128 valence electrons. The molecule has 5 rings (SSSR count). The van der Waals surface area contributed by atoms with Crippen LogP contribution in [-0.2, 0) is 4.74 Å². The largest absolute Gasteiger partial charge is 0.496 e. The van der Waals surface area contributed by atoms with E-state index in [0.717, 1.165) is 43.0 Å². The molecule has 0 N–H and O–H groups in total. The average Bonchev–Trinajstić information content (AvgIpc) is 3.21.